The van der Waals surface area contributed by atoms with Gasteiger partial charge < -0.3 is 10.1 Å². The lowest BCUT2D eigenvalue weighted by molar-refractivity contribution is -0.113. The molecule has 0 fully saturated rings. The number of hydrogen-bond donors (Lipinski definition) is 1. The van der Waals surface area contributed by atoms with E-state index >= 15 is 0 Å². The molecule has 0 atom stereocenters. The minimum Gasteiger partial charge on any atom is -0.497 e. The van der Waals surface area contributed by atoms with Crippen molar-refractivity contribution in [3.05, 3.63) is 78.1 Å². The molecule has 0 saturated carbocycles. The molecule has 0 aliphatic heterocycles. The summed E-state index contributed by atoms with van der Waals surface area (Å²) in [5.74, 6) is 1.52. The van der Waals surface area contributed by atoms with Crippen LogP contribution in [-0.4, -0.2) is 38.3 Å². The second-order valence-electron chi connectivity index (χ2n) is 7.07. The van der Waals surface area contributed by atoms with Crippen LogP contribution < -0.4 is 10.1 Å². The van der Waals surface area contributed by atoms with Crippen LogP contribution in [0, 0.1) is 13.8 Å². The standard InChI is InChI=1S/C23H23N5O2S/c1-16-9-10-17(2)20(13-16)24-21(29)15-31-23-26-25-22(28(23)27-11-4-5-12-27)18-7-6-8-19(14-18)30-3/h4-14H,15H2,1-3H3,(H,24,29). The van der Waals surface area contributed by atoms with Crippen LogP contribution in [0.1, 0.15) is 11.1 Å². The van der Waals surface area contributed by atoms with Gasteiger partial charge in [-0.2, -0.15) is 0 Å². The van der Waals surface area contributed by atoms with Crippen LogP contribution in [0.15, 0.2) is 72.1 Å². The molecule has 8 heteroatoms. The van der Waals surface area contributed by atoms with Gasteiger partial charge >= 0.3 is 0 Å². The Labute approximate surface area is 185 Å². The van der Waals surface area contributed by atoms with Gasteiger partial charge in [0.15, 0.2) is 5.82 Å². The fourth-order valence-electron chi connectivity index (χ4n) is 3.15. The fraction of sp³-hybridized carbons (Fsp3) is 0.174. The van der Waals surface area contributed by atoms with Crippen molar-refractivity contribution in [2.75, 3.05) is 18.2 Å². The first-order valence-electron chi connectivity index (χ1n) is 9.78. The van der Waals surface area contributed by atoms with Gasteiger partial charge in [0.05, 0.1) is 12.9 Å². The summed E-state index contributed by atoms with van der Waals surface area (Å²) in [5.41, 5.74) is 3.82. The van der Waals surface area contributed by atoms with E-state index in [2.05, 4.69) is 15.5 Å². The lowest BCUT2D eigenvalue weighted by Crippen LogP contribution is -2.16. The number of ether oxygens (including phenoxy) is 1. The average Bonchev–Trinajstić information content (AvgIpc) is 3.44. The largest absolute Gasteiger partial charge is 0.497 e. The van der Waals surface area contributed by atoms with E-state index < -0.39 is 0 Å². The highest BCUT2D eigenvalue weighted by Crippen LogP contribution is 2.27. The number of benzene rings is 2. The Bertz CT molecular complexity index is 1200. The van der Waals surface area contributed by atoms with Crippen LogP contribution in [-0.2, 0) is 4.79 Å². The van der Waals surface area contributed by atoms with Gasteiger partial charge in [-0.25, -0.2) is 4.68 Å². The molecule has 0 unspecified atom stereocenters. The molecule has 1 N–H and O–H groups in total. The zero-order chi connectivity index (χ0) is 21.8. The van der Waals surface area contributed by atoms with E-state index in [9.17, 15) is 4.79 Å². The quantitative estimate of drug-likeness (QED) is 0.437. The van der Waals surface area contributed by atoms with Crippen LogP contribution in [0.4, 0.5) is 5.69 Å². The maximum atomic E-state index is 12.6. The molecule has 7 nitrogen and oxygen atoms in total. The van der Waals surface area contributed by atoms with Crippen molar-refractivity contribution < 1.29 is 9.53 Å². The lowest BCUT2D eigenvalue weighted by atomic mass is 10.1. The number of thioether (sulfide) groups is 1. The zero-order valence-electron chi connectivity index (χ0n) is 17.6. The molecule has 2 aromatic heterocycles. The first-order chi connectivity index (χ1) is 15.0. The number of carbonyl (C=O) groups excluding carboxylic acids is 1. The van der Waals surface area contributed by atoms with Crippen LogP contribution >= 0.6 is 11.8 Å². The molecule has 0 spiro atoms. The number of carbonyl (C=O) groups is 1. The number of rotatable bonds is 7. The summed E-state index contributed by atoms with van der Waals surface area (Å²) in [6, 6.07) is 17.5. The van der Waals surface area contributed by atoms with Gasteiger partial charge in [-0.15, -0.1) is 10.2 Å². The van der Waals surface area contributed by atoms with E-state index in [0.717, 1.165) is 28.1 Å². The van der Waals surface area contributed by atoms with E-state index in [1.54, 1.807) is 7.11 Å². The third kappa shape index (κ3) is 4.64. The maximum absolute atomic E-state index is 12.6. The van der Waals surface area contributed by atoms with Crippen molar-refractivity contribution in [2.24, 2.45) is 0 Å². The second-order valence-corrected chi connectivity index (χ2v) is 8.01. The lowest BCUT2D eigenvalue weighted by Gasteiger charge is -2.12. The maximum Gasteiger partial charge on any atom is 0.234 e. The third-order valence-electron chi connectivity index (χ3n) is 4.76. The van der Waals surface area contributed by atoms with Crippen molar-refractivity contribution in [1.82, 2.24) is 19.5 Å². The van der Waals surface area contributed by atoms with Crippen molar-refractivity contribution in [3.63, 3.8) is 0 Å². The van der Waals surface area contributed by atoms with Gasteiger partial charge in [-0.3, -0.25) is 9.47 Å². The highest BCUT2D eigenvalue weighted by atomic mass is 32.2. The zero-order valence-corrected chi connectivity index (χ0v) is 18.4. The fourth-order valence-corrected chi connectivity index (χ4v) is 3.89. The summed E-state index contributed by atoms with van der Waals surface area (Å²) in [7, 11) is 1.63. The van der Waals surface area contributed by atoms with Gasteiger partial charge in [0.2, 0.25) is 11.1 Å². The Hall–Kier alpha value is -3.52. The van der Waals surface area contributed by atoms with E-state index in [4.69, 9.17) is 4.74 Å². The Morgan fingerprint density at radius 1 is 1.06 bits per heavy atom. The monoisotopic (exact) mass is 433 g/mol. The Kier molecular flexibility index (Phi) is 6.08. The number of aromatic nitrogens is 4. The SMILES string of the molecule is COc1cccc(-c2nnc(SCC(=O)Nc3cc(C)ccc3C)n2-n2cccc2)c1. The minimum atomic E-state index is -0.0938. The smallest absolute Gasteiger partial charge is 0.234 e. The van der Waals surface area contributed by atoms with E-state index in [0.29, 0.717) is 11.0 Å². The first kappa shape index (κ1) is 20.7. The topological polar surface area (TPSA) is 74.0 Å². The summed E-state index contributed by atoms with van der Waals surface area (Å²) < 4.78 is 9.11. The first-order valence-corrected chi connectivity index (χ1v) is 10.8. The number of nitrogens with zero attached hydrogens (tertiary/aromatic N) is 4. The predicted molar refractivity (Wildman–Crippen MR) is 123 cm³/mol. The third-order valence-corrected chi connectivity index (χ3v) is 5.68. The van der Waals surface area contributed by atoms with Gasteiger partial charge in [0.1, 0.15) is 5.75 Å². The number of anilines is 1. The number of nitrogens with one attached hydrogen (secondary N) is 1. The summed E-state index contributed by atoms with van der Waals surface area (Å²) in [6.45, 7) is 3.98. The molecular weight excluding hydrogens is 410 g/mol. The molecule has 2 heterocycles. The van der Waals surface area contributed by atoms with Crippen LogP contribution in [0.3, 0.4) is 0 Å². The summed E-state index contributed by atoms with van der Waals surface area (Å²) in [5, 5.41) is 12.3. The number of hydrogen-bond acceptors (Lipinski definition) is 5. The van der Waals surface area contributed by atoms with Gasteiger partial charge in [0, 0.05) is 23.6 Å². The molecule has 0 bridgehead atoms. The predicted octanol–water partition coefficient (Wildman–Crippen LogP) is 4.41. The van der Waals surface area contributed by atoms with Crippen molar-refractivity contribution >= 4 is 23.4 Å². The molecule has 2 aromatic carbocycles. The molecule has 31 heavy (non-hydrogen) atoms. The normalized spacial score (nSPS) is 10.8. The van der Waals surface area contributed by atoms with E-state index in [1.807, 2.05) is 90.2 Å². The van der Waals surface area contributed by atoms with Crippen LogP contribution in [0.5, 0.6) is 5.75 Å². The Morgan fingerprint density at radius 2 is 1.87 bits per heavy atom. The molecular formula is C23H23N5O2S. The minimum absolute atomic E-state index is 0.0938. The molecule has 0 aliphatic carbocycles. The molecule has 4 aromatic rings. The summed E-state index contributed by atoms with van der Waals surface area (Å²) in [4.78, 5) is 12.6. The van der Waals surface area contributed by atoms with E-state index in [-0.39, 0.29) is 11.7 Å². The molecule has 0 radical (unpaired) electrons. The Morgan fingerprint density at radius 3 is 2.65 bits per heavy atom. The second kappa shape index (κ2) is 9.09. The van der Waals surface area contributed by atoms with E-state index in [1.165, 1.54) is 11.8 Å². The molecule has 4 rings (SSSR count). The number of methoxy groups -OCH3 is 1. The molecule has 158 valence electrons. The molecule has 0 saturated heterocycles. The molecule has 1 amide bonds. The highest BCUT2D eigenvalue weighted by molar-refractivity contribution is 7.99. The highest BCUT2D eigenvalue weighted by Gasteiger charge is 2.17. The average molecular weight is 434 g/mol. The van der Waals surface area contributed by atoms with Crippen LogP contribution in [0.2, 0.25) is 0 Å². The number of amides is 1. The van der Waals surface area contributed by atoms with Crippen LogP contribution in [0.25, 0.3) is 11.4 Å². The van der Waals surface area contributed by atoms with Gasteiger partial charge in [-0.05, 0) is 55.3 Å². The van der Waals surface area contributed by atoms with Gasteiger partial charge in [-0.1, -0.05) is 36.0 Å². The van der Waals surface area contributed by atoms with Crippen molar-refractivity contribution in [2.45, 2.75) is 19.0 Å². The van der Waals surface area contributed by atoms with Crippen molar-refractivity contribution in [1.29, 1.82) is 0 Å². The summed E-state index contributed by atoms with van der Waals surface area (Å²) in [6.07, 6.45) is 3.82. The van der Waals surface area contributed by atoms with Gasteiger partial charge in [0.25, 0.3) is 0 Å². The van der Waals surface area contributed by atoms with Crippen molar-refractivity contribution in [3.8, 4) is 17.1 Å². The molecule has 0 aliphatic rings. The number of aryl methyl sites for hydroxylation is 2. The summed E-state index contributed by atoms with van der Waals surface area (Å²) >= 11 is 1.33. The Balaban J connectivity index is 1.58.